The lowest BCUT2D eigenvalue weighted by atomic mass is 10.2. The number of aromatic nitrogens is 2. The Balaban J connectivity index is 1.67. The zero-order valence-electron chi connectivity index (χ0n) is 13.3. The molecule has 6 nitrogen and oxygen atoms in total. The van der Waals surface area contributed by atoms with Crippen molar-refractivity contribution in [1.82, 2.24) is 15.0 Å². The van der Waals surface area contributed by atoms with E-state index in [1.807, 2.05) is 11.9 Å². The van der Waals surface area contributed by atoms with Crippen LogP contribution in [0.5, 0.6) is 5.75 Å². The Kier molecular flexibility index (Phi) is 5.37. The lowest BCUT2D eigenvalue weighted by Gasteiger charge is -2.18. The number of para-hydroxylation sites is 1. The lowest BCUT2D eigenvalue weighted by molar-refractivity contribution is -0.0494. The second-order valence-electron chi connectivity index (χ2n) is 5.72. The number of ether oxygens (including phenoxy) is 2. The van der Waals surface area contributed by atoms with Gasteiger partial charge in [0.15, 0.2) is 0 Å². The van der Waals surface area contributed by atoms with Gasteiger partial charge in [-0.05, 0) is 32.0 Å². The summed E-state index contributed by atoms with van der Waals surface area (Å²) in [5.74, 6) is 0.664. The summed E-state index contributed by atoms with van der Waals surface area (Å²) in [7, 11) is 1.94. The summed E-state index contributed by atoms with van der Waals surface area (Å²) >= 11 is 0. The minimum Gasteiger partial charge on any atom is -0.434 e. The van der Waals surface area contributed by atoms with E-state index in [4.69, 9.17) is 9.26 Å². The van der Waals surface area contributed by atoms with Gasteiger partial charge in [0.2, 0.25) is 11.7 Å². The fourth-order valence-electron chi connectivity index (χ4n) is 2.71. The molecule has 0 spiro atoms. The van der Waals surface area contributed by atoms with Crippen molar-refractivity contribution in [3.8, 4) is 17.1 Å². The van der Waals surface area contributed by atoms with Gasteiger partial charge in [0, 0.05) is 13.2 Å². The standard InChI is InChI=1S/C16H19F2N3O3/c1-21(9-11-5-4-8-22-11)10-14-19-15(20-24-14)12-6-2-3-7-13(12)23-16(17)18/h2-3,6-7,11,16H,4-5,8-10H2,1H3. The molecule has 2 aromatic rings. The third-order valence-corrected chi connectivity index (χ3v) is 3.76. The van der Waals surface area contributed by atoms with Gasteiger partial charge in [0.1, 0.15) is 5.75 Å². The molecule has 0 bridgehead atoms. The van der Waals surface area contributed by atoms with E-state index >= 15 is 0 Å². The van der Waals surface area contributed by atoms with Crippen LogP contribution in [0, 0.1) is 0 Å². The predicted octanol–water partition coefficient (Wildman–Crippen LogP) is 2.95. The van der Waals surface area contributed by atoms with Gasteiger partial charge in [-0.3, -0.25) is 4.90 Å². The third-order valence-electron chi connectivity index (χ3n) is 3.76. The Morgan fingerprint density at radius 1 is 1.38 bits per heavy atom. The molecule has 1 fully saturated rings. The van der Waals surface area contributed by atoms with Crippen molar-refractivity contribution in [2.45, 2.75) is 32.1 Å². The molecule has 1 saturated heterocycles. The van der Waals surface area contributed by atoms with E-state index < -0.39 is 6.61 Å². The average molecular weight is 339 g/mol. The van der Waals surface area contributed by atoms with Crippen molar-refractivity contribution < 1.29 is 22.8 Å². The van der Waals surface area contributed by atoms with Crippen molar-refractivity contribution in [3.63, 3.8) is 0 Å². The van der Waals surface area contributed by atoms with Crippen LogP contribution in [0.1, 0.15) is 18.7 Å². The first-order valence-corrected chi connectivity index (χ1v) is 7.79. The molecule has 1 aliphatic heterocycles. The molecule has 8 heteroatoms. The molecule has 2 heterocycles. The molecule has 0 N–H and O–H groups in total. The first-order chi connectivity index (χ1) is 11.6. The summed E-state index contributed by atoms with van der Waals surface area (Å²) in [5.41, 5.74) is 0.370. The molecule has 1 aromatic carbocycles. The molecule has 24 heavy (non-hydrogen) atoms. The zero-order valence-corrected chi connectivity index (χ0v) is 13.3. The van der Waals surface area contributed by atoms with Crippen LogP contribution in [0.25, 0.3) is 11.4 Å². The third kappa shape index (κ3) is 4.27. The van der Waals surface area contributed by atoms with E-state index in [-0.39, 0.29) is 17.7 Å². The summed E-state index contributed by atoms with van der Waals surface area (Å²) in [6.07, 6.45) is 2.37. The molecule has 1 aromatic heterocycles. The average Bonchev–Trinajstić information content (AvgIpc) is 3.19. The molecule has 1 unspecified atom stereocenters. The number of alkyl halides is 2. The largest absolute Gasteiger partial charge is 0.434 e. The van der Waals surface area contributed by atoms with Crippen molar-refractivity contribution in [2.75, 3.05) is 20.2 Å². The fraction of sp³-hybridized carbons (Fsp3) is 0.500. The van der Waals surface area contributed by atoms with Crippen LogP contribution < -0.4 is 4.74 Å². The van der Waals surface area contributed by atoms with Crippen molar-refractivity contribution in [2.24, 2.45) is 0 Å². The Morgan fingerprint density at radius 3 is 2.96 bits per heavy atom. The quantitative estimate of drug-likeness (QED) is 0.773. The van der Waals surface area contributed by atoms with E-state index in [2.05, 4.69) is 14.9 Å². The first kappa shape index (κ1) is 16.8. The summed E-state index contributed by atoms with van der Waals surface area (Å²) in [5, 5.41) is 3.87. The Labute approximate surface area is 138 Å². The summed E-state index contributed by atoms with van der Waals surface area (Å²) in [4.78, 5) is 6.31. The Bertz CT molecular complexity index is 660. The van der Waals surface area contributed by atoms with Crippen LogP contribution in [-0.4, -0.2) is 48.0 Å². The summed E-state index contributed by atoms with van der Waals surface area (Å²) in [6.45, 7) is -0.854. The maximum absolute atomic E-state index is 12.5. The number of likely N-dealkylation sites (N-methyl/N-ethyl adjacent to an activating group) is 1. The van der Waals surface area contributed by atoms with Gasteiger partial charge in [0.25, 0.3) is 0 Å². The van der Waals surface area contributed by atoms with Crippen LogP contribution in [0.4, 0.5) is 8.78 Å². The maximum atomic E-state index is 12.5. The monoisotopic (exact) mass is 339 g/mol. The van der Waals surface area contributed by atoms with Gasteiger partial charge in [-0.15, -0.1) is 0 Å². The van der Waals surface area contributed by atoms with E-state index in [9.17, 15) is 8.78 Å². The van der Waals surface area contributed by atoms with Gasteiger partial charge < -0.3 is 14.0 Å². The summed E-state index contributed by atoms with van der Waals surface area (Å²) < 4.78 is 40.3. The summed E-state index contributed by atoms with van der Waals surface area (Å²) in [6, 6.07) is 6.37. The van der Waals surface area contributed by atoms with Crippen LogP contribution in [0.15, 0.2) is 28.8 Å². The van der Waals surface area contributed by atoms with Crippen LogP contribution in [0.3, 0.4) is 0 Å². The molecule has 1 aliphatic rings. The van der Waals surface area contributed by atoms with Crippen molar-refractivity contribution in [3.05, 3.63) is 30.2 Å². The highest BCUT2D eigenvalue weighted by atomic mass is 19.3. The highest BCUT2D eigenvalue weighted by Crippen LogP contribution is 2.29. The van der Waals surface area contributed by atoms with E-state index in [0.717, 1.165) is 26.0 Å². The van der Waals surface area contributed by atoms with Gasteiger partial charge in [-0.25, -0.2) is 0 Å². The van der Waals surface area contributed by atoms with Gasteiger partial charge in [0.05, 0.1) is 18.2 Å². The number of nitrogens with zero attached hydrogens (tertiary/aromatic N) is 3. The second kappa shape index (κ2) is 7.67. The normalized spacial score (nSPS) is 17.8. The van der Waals surface area contributed by atoms with E-state index in [1.165, 1.54) is 6.07 Å². The molecule has 0 aliphatic carbocycles. The minimum absolute atomic E-state index is 0.0209. The predicted molar refractivity (Wildman–Crippen MR) is 81.7 cm³/mol. The highest BCUT2D eigenvalue weighted by Gasteiger charge is 2.20. The van der Waals surface area contributed by atoms with Crippen LogP contribution in [0.2, 0.25) is 0 Å². The topological polar surface area (TPSA) is 60.6 Å². The molecule has 3 rings (SSSR count). The van der Waals surface area contributed by atoms with Gasteiger partial charge in [-0.2, -0.15) is 13.8 Å². The minimum atomic E-state index is -2.91. The lowest BCUT2D eigenvalue weighted by Crippen LogP contribution is -2.28. The Hall–Kier alpha value is -2.06. The molecular weight excluding hydrogens is 320 g/mol. The molecule has 0 saturated carbocycles. The Morgan fingerprint density at radius 2 is 2.21 bits per heavy atom. The number of halogens is 2. The first-order valence-electron chi connectivity index (χ1n) is 7.79. The second-order valence-corrected chi connectivity index (χ2v) is 5.72. The highest BCUT2D eigenvalue weighted by molar-refractivity contribution is 5.63. The van der Waals surface area contributed by atoms with Crippen molar-refractivity contribution >= 4 is 0 Å². The fourth-order valence-corrected chi connectivity index (χ4v) is 2.71. The number of rotatable bonds is 7. The maximum Gasteiger partial charge on any atom is 0.387 e. The smallest absolute Gasteiger partial charge is 0.387 e. The van der Waals surface area contributed by atoms with Gasteiger partial charge in [-0.1, -0.05) is 17.3 Å². The molecule has 0 amide bonds. The number of benzene rings is 1. The molecule has 0 radical (unpaired) electrons. The zero-order chi connectivity index (χ0) is 16.9. The molecule has 1 atom stereocenters. The molecular formula is C16H19F2N3O3. The van der Waals surface area contributed by atoms with Gasteiger partial charge >= 0.3 is 6.61 Å². The van der Waals surface area contributed by atoms with Crippen molar-refractivity contribution in [1.29, 1.82) is 0 Å². The molecule has 130 valence electrons. The SMILES string of the molecule is CN(Cc1nc(-c2ccccc2OC(F)F)no1)CC1CCCO1. The van der Waals surface area contributed by atoms with E-state index in [0.29, 0.717) is 18.0 Å². The number of hydrogen-bond acceptors (Lipinski definition) is 6. The van der Waals surface area contributed by atoms with Crippen LogP contribution >= 0.6 is 0 Å². The van der Waals surface area contributed by atoms with E-state index in [1.54, 1.807) is 18.2 Å². The number of hydrogen-bond donors (Lipinski definition) is 0. The van der Waals surface area contributed by atoms with Crippen LogP contribution in [-0.2, 0) is 11.3 Å².